The molecule has 0 bridgehead atoms. The van der Waals surface area contributed by atoms with Crippen LogP contribution < -0.4 is 10.6 Å². The summed E-state index contributed by atoms with van der Waals surface area (Å²) in [7, 11) is 0. The molecule has 2 N–H and O–H groups in total. The molecule has 6 heteroatoms. The van der Waals surface area contributed by atoms with Crippen molar-refractivity contribution in [2.45, 2.75) is 12.8 Å². The summed E-state index contributed by atoms with van der Waals surface area (Å²) < 4.78 is 0. The number of carbonyl (C=O) groups excluding carboxylic acids is 1. The Morgan fingerprint density at radius 1 is 0.964 bits per heavy atom. The van der Waals surface area contributed by atoms with Crippen molar-refractivity contribution in [1.29, 1.82) is 0 Å². The molecule has 0 fully saturated rings. The highest BCUT2D eigenvalue weighted by atomic mass is 35.5. The monoisotopic (exact) mass is 413 g/mol. The Balaban J connectivity index is 1.37. The molecule has 1 aromatic heterocycles. The molecule has 0 spiro atoms. The fourth-order valence-electron chi connectivity index (χ4n) is 2.76. The molecule has 0 radical (unpaired) electrons. The average molecular weight is 414 g/mol. The van der Waals surface area contributed by atoms with Gasteiger partial charge >= 0.3 is 0 Å². The second kappa shape index (κ2) is 10.1. The standard InChI is InChI=1S/C22H21Cl2N3O/c23-17-6-3-16(4-7-17)5-10-22(28)27-13-2-1-12-25-20-11-14-26-21-15-18(24)8-9-19(20)21/h3-11,14-15H,1-2,12-13H2,(H,25,26)(H,27,28)/b10-5+. The van der Waals surface area contributed by atoms with Crippen LogP contribution in [0.5, 0.6) is 0 Å². The van der Waals surface area contributed by atoms with Crippen molar-refractivity contribution in [2.75, 3.05) is 18.4 Å². The van der Waals surface area contributed by atoms with Gasteiger partial charge in [0.05, 0.1) is 5.52 Å². The molecular weight excluding hydrogens is 393 g/mol. The maximum atomic E-state index is 11.9. The first-order valence-corrected chi connectivity index (χ1v) is 9.87. The lowest BCUT2D eigenvalue weighted by Crippen LogP contribution is -2.22. The summed E-state index contributed by atoms with van der Waals surface area (Å²) in [5, 5.41) is 8.73. The number of aromatic nitrogens is 1. The van der Waals surface area contributed by atoms with E-state index in [0.29, 0.717) is 16.6 Å². The normalized spacial score (nSPS) is 11.1. The van der Waals surface area contributed by atoms with Crippen molar-refractivity contribution >= 4 is 51.8 Å². The number of halogens is 2. The summed E-state index contributed by atoms with van der Waals surface area (Å²) in [6, 6.07) is 15.0. The van der Waals surface area contributed by atoms with Gasteiger partial charge in [0.1, 0.15) is 0 Å². The molecule has 0 atom stereocenters. The fourth-order valence-corrected chi connectivity index (χ4v) is 3.06. The van der Waals surface area contributed by atoms with Gasteiger partial charge < -0.3 is 10.6 Å². The van der Waals surface area contributed by atoms with E-state index in [0.717, 1.165) is 41.5 Å². The predicted molar refractivity (Wildman–Crippen MR) is 118 cm³/mol. The molecule has 28 heavy (non-hydrogen) atoms. The molecule has 0 saturated carbocycles. The number of rotatable bonds is 8. The fraction of sp³-hybridized carbons (Fsp3) is 0.182. The summed E-state index contributed by atoms with van der Waals surface area (Å²) in [6.45, 7) is 1.45. The van der Waals surface area contributed by atoms with Crippen molar-refractivity contribution in [1.82, 2.24) is 10.3 Å². The number of amides is 1. The van der Waals surface area contributed by atoms with Crippen molar-refractivity contribution < 1.29 is 4.79 Å². The van der Waals surface area contributed by atoms with E-state index in [1.54, 1.807) is 24.4 Å². The number of hydrogen-bond acceptors (Lipinski definition) is 3. The molecule has 144 valence electrons. The van der Waals surface area contributed by atoms with Crippen molar-refractivity contribution in [3.63, 3.8) is 0 Å². The summed E-state index contributed by atoms with van der Waals surface area (Å²) in [5.74, 6) is -0.0973. The van der Waals surface area contributed by atoms with Crippen molar-refractivity contribution in [3.05, 3.63) is 76.4 Å². The van der Waals surface area contributed by atoms with Gasteiger partial charge in [-0.25, -0.2) is 0 Å². The van der Waals surface area contributed by atoms with Gasteiger partial charge in [0.15, 0.2) is 0 Å². The van der Waals surface area contributed by atoms with Crippen molar-refractivity contribution in [3.8, 4) is 0 Å². The smallest absolute Gasteiger partial charge is 0.243 e. The lowest BCUT2D eigenvalue weighted by molar-refractivity contribution is -0.116. The van der Waals surface area contributed by atoms with Gasteiger partial charge in [-0.3, -0.25) is 9.78 Å². The zero-order valence-electron chi connectivity index (χ0n) is 15.3. The largest absolute Gasteiger partial charge is 0.384 e. The van der Waals surface area contributed by atoms with E-state index in [9.17, 15) is 4.79 Å². The van der Waals surface area contributed by atoms with E-state index in [1.165, 1.54) is 6.08 Å². The van der Waals surface area contributed by atoms with Gasteiger partial charge in [-0.2, -0.15) is 0 Å². The Morgan fingerprint density at radius 3 is 2.54 bits per heavy atom. The second-order valence-electron chi connectivity index (χ2n) is 6.33. The molecule has 3 rings (SSSR count). The molecule has 1 amide bonds. The molecule has 0 aliphatic rings. The summed E-state index contributed by atoms with van der Waals surface area (Å²) in [6.07, 6.45) is 6.92. The number of hydrogen-bond donors (Lipinski definition) is 2. The van der Waals surface area contributed by atoms with E-state index in [2.05, 4.69) is 15.6 Å². The van der Waals surface area contributed by atoms with Crippen LogP contribution >= 0.6 is 23.2 Å². The Morgan fingerprint density at radius 2 is 1.71 bits per heavy atom. The van der Waals surface area contributed by atoms with Crippen LogP contribution in [0.4, 0.5) is 5.69 Å². The van der Waals surface area contributed by atoms with E-state index in [1.807, 2.05) is 36.4 Å². The van der Waals surface area contributed by atoms with Gasteiger partial charge in [0.25, 0.3) is 0 Å². The van der Waals surface area contributed by atoms with Gasteiger partial charge in [-0.15, -0.1) is 0 Å². The Kier molecular flexibility index (Phi) is 7.29. The van der Waals surface area contributed by atoms with Gasteiger partial charge in [0.2, 0.25) is 5.91 Å². The number of nitrogens with zero attached hydrogens (tertiary/aromatic N) is 1. The minimum Gasteiger partial charge on any atom is -0.384 e. The quantitative estimate of drug-likeness (QED) is 0.375. The molecular formula is C22H21Cl2N3O. The van der Waals surface area contributed by atoms with Gasteiger partial charge in [-0.1, -0.05) is 35.3 Å². The highest BCUT2D eigenvalue weighted by Crippen LogP contribution is 2.24. The SMILES string of the molecule is O=C(/C=C/c1ccc(Cl)cc1)NCCCCNc1ccnc2cc(Cl)ccc12. The molecule has 2 aromatic carbocycles. The first-order valence-electron chi connectivity index (χ1n) is 9.11. The minimum atomic E-state index is -0.0973. The van der Waals surface area contributed by atoms with Crippen LogP contribution in [0.1, 0.15) is 18.4 Å². The molecule has 0 aliphatic carbocycles. The molecule has 4 nitrogen and oxygen atoms in total. The zero-order valence-corrected chi connectivity index (χ0v) is 16.8. The van der Waals surface area contributed by atoms with Crippen LogP contribution in [0.15, 0.2) is 60.8 Å². The average Bonchev–Trinajstić information content (AvgIpc) is 2.70. The number of nitrogens with one attached hydrogen (secondary N) is 2. The molecule has 0 saturated heterocycles. The maximum Gasteiger partial charge on any atom is 0.243 e. The number of benzene rings is 2. The molecule has 3 aromatic rings. The number of anilines is 1. The van der Waals surface area contributed by atoms with Crippen LogP contribution in [0.3, 0.4) is 0 Å². The number of carbonyl (C=O) groups is 1. The van der Waals surface area contributed by atoms with Crippen LogP contribution in [-0.2, 0) is 4.79 Å². The minimum absolute atomic E-state index is 0.0973. The Hall–Kier alpha value is -2.56. The summed E-state index contributed by atoms with van der Waals surface area (Å²) >= 11 is 11.9. The van der Waals surface area contributed by atoms with E-state index in [-0.39, 0.29) is 5.91 Å². The molecule has 0 aliphatic heterocycles. The van der Waals surface area contributed by atoms with Crippen LogP contribution in [0.2, 0.25) is 10.0 Å². The van der Waals surface area contributed by atoms with Crippen LogP contribution in [0, 0.1) is 0 Å². The highest BCUT2D eigenvalue weighted by molar-refractivity contribution is 6.31. The van der Waals surface area contributed by atoms with E-state index >= 15 is 0 Å². The van der Waals surface area contributed by atoms with Crippen LogP contribution in [0.25, 0.3) is 17.0 Å². The molecule has 1 heterocycles. The topological polar surface area (TPSA) is 54.0 Å². The first kappa shape index (κ1) is 20.2. The van der Waals surface area contributed by atoms with Gasteiger partial charge in [-0.05, 0) is 60.9 Å². The van der Waals surface area contributed by atoms with E-state index in [4.69, 9.17) is 23.2 Å². The molecule has 0 unspecified atom stereocenters. The second-order valence-corrected chi connectivity index (χ2v) is 7.20. The lowest BCUT2D eigenvalue weighted by Gasteiger charge is -2.09. The third kappa shape index (κ3) is 5.98. The summed E-state index contributed by atoms with van der Waals surface area (Å²) in [5.41, 5.74) is 2.85. The third-order valence-corrected chi connectivity index (χ3v) is 4.71. The van der Waals surface area contributed by atoms with Crippen LogP contribution in [-0.4, -0.2) is 24.0 Å². The van der Waals surface area contributed by atoms with E-state index < -0.39 is 0 Å². The third-order valence-electron chi connectivity index (χ3n) is 4.22. The predicted octanol–water partition coefficient (Wildman–Crippen LogP) is 5.56. The highest BCUT2D eigenvalue weighted by Gasteiger charge is 2.02. The Labute approximate surface area is 174 Å². The number of fused-ring (bicyclic) bond motifs is 1. The number of pyridine rings is 1. The maximum absolute atomic E-state index is 11.9. The summed E-state index contributed by atoms with van der Waals surface area (Å²) in [4.78, 5) is 16.2. The zero-order chi connectivity index (χ0) is 19.8. The Bertz CT molecular complexity index is 971. The number of unbranched alkanes of at least 4 members (excludes halogenated alkanes) is 1. The van der Waals surface area contributed by atoms with Crippen molar-refractivity contribution in [2.24, 2.45) is 0 Å². The van der Waals surface area contributed by atoms with Gasteiger partial charge in [0, 0.05) is 46.5 Å². The lowest BCUT2D eigenvalue weighted by atomic mass is 10.2. The first-order chi connectivity index (χ1) is 13.6.